The van der Waals surface area contributed by atoms with Crippen LogP contribution in [0, 0.1) is 19.7 Å². The zero-order valence-corrected chi connectivity index (χ0v) is 27.5. The van der Waals surface area contributed by atoms with Crippen molar-refractivity contribution in [2.24, 2.45) is 7.05 Å². The van der Waals surface area contributed by atoms with E-state index in [9.17, 15) is 19.1 Å². The van der Waals surface area contributed by atoms with Crippen molar-refractivity contribution in [3.05, 3.63) is 105 Å². The molecule has 3 aromatic carbocycles. The topological polar surface area (TPSA) is 102 Å². The Morgan fingerprint density at radius 3 is 2.14 bits per heavy atom. The molecule has 0 radical (unpaired) electrons. The maximum absolute atomic E-state index is 14.8. The van der Waals surface area contributed by atoms with E-state index < -0.39 is 17.3 Å². The third-order valence-electron chi connectivity index (χ3n) is 6.10. The van der Waals surface area contributed by atoms with Crippen molar-refractivity contribution in [1.82, 2.24) is 9.88 Å². The zero-order valence-electron chi connectivity index (χ0n) is 27.5. The number of benzene rings is 3. The molecule has 0 saturated heterocycles. The number of methoxy groups -OCH3 is 1. The third-order valence-corrected chi connectivity index (χ3v) is 6.10. The van der Waals surface area contributed by atoms with Crippen molar-refractivity contribution in [3.63, 3.8) is 0 Å². The SMILES string of the molecule is CC.CC.CC.COc1ccc(CNC(=O)c2c(Oc3cccc(O)c3C)cc(=O)n(C)c2Nc2ccc(C)cc2F)cc1. The molecule has 0 fully saturated rings. The van der Waals surface area contributed by atoms with E-state index in [0.29, 0.717) is 11.3 Å². The second-order valence-corrected chi connectivity index (χ2v) is 8.77. The molecule has 0 saturated carbocycles. The molecular weight excluding hydrogens is 561 g/mol. The lowest BCUT2D eigenvalue weighted by atomic mass is 10.1. The fraction of sp³-hybridized carbons (Fsp3) is 0.314. The van der Waals surface area contributed by atoms with Crippen LogP contribution in [0.2, 0.25) is 0 Å². The van der Waals surface area contributed by atoms with Gasteiger partial charge in [0, 0.05) is 25.2 Å². The highest BCUT2D eigenvalue weighted by molar-refractivity contribution is 6.02. The normalized spacial score (nSPS) is 9.61. The second-order valence-electron chi connectivity index (χ2n) is 8.77. The number of phenolic OH excluding ortho intramolecular Hbond substituents is 1. The van der Waals surface area contributed by atoms with Gasteiger partial charge in [-0.25, -0.2) is 4.39 Å². The van der Waals surface area contributed by atoms with Crippen LogP contribution < -0.4 is 25.7 Å². The molecule has 44 heavy (non-hydrogen) atoms. The van der Waals surface area contributed by atoms with Crippen molar-refractivity contribution in [1.29, 1.82) is 0 Å². The number of aromatic nitrogens is 1. The first kappa shape index (κ1) is 37.2. The first-order chi connectivity index (χ1) is 21.2. The van der Waals surface area contributed by atoms with Crippen LogP contribution in [-0.2, 0) is 13.6 Å². The first-order valence-electron chi connectivity index (χ1n) is 14.8. The summed E-state index contributed by atoms with van der Waals surface area (Å²) in [6, 6.07) is 17.7. The summed E-state index contributed by atoms with van der Waals surface area (Å²) in [5.41, 5.74) is 1.55. The van der Waals surface area contributed by atoms with Gasteiger partial charge in [0.05, 0.1) is 12.8 Å². The summed E-state index contributed by atoms with van der Waals surface area (Å²) in [5.74, 6) is -0.172. The van der Waals surface area contributed by atoms with Crippen LogP contribution in [0.15, 0.2) is 71.5 Å². The van der Waals surface area contributed by atoms with Crippen molar-refractivity contribution in [3.8, 4) is 23.0 Å². The van der Waals surface area contributed by atoms with Gasteiger partial charge in [-0.1, -0.05) is 65.8 Å². The van der Waals surface area contributed by atoms with Crippen LogP contribution in [0.4, 0.5) is 15.9 Å². The van der Waals surface area contributed by atoms with Gasteiger partial charge in [-0.2, -0.15) is 0 Å². The van der Waals surface area contributed by atoms with Gasteiger partial charge in [0.1, 0.15) is 40.2 Å². The molecule has 1 amide bonds. The maximum Gasteiger partial charge on any atom is 0.259 e. The predicted octanol–water partition coefficient (Wildman–Crippen LogP) is 8.40. The Balaban J connectivity index is 0.00000152. The highest BCUT2D eigenvalue weighted by Gasteiger charge is 2.24. The summed E-state index contributed by atoms with van der Waals surface area (Å²) in [6.45, 7) is 15.6. The molecular formula is C35H46FN3O5. The average molecular weight is 608 g/mol. The summed E-state index contributed by atoms with van der Waals surface area (Å²) in [6.07, 6.45) is 0. The molecule has 238 valence electrons. The van der Waals surface area contributed by atoms with E-state index >= 15 is 0 Å². The van der Waals surface area contributed by atoms with Crippen molar-refractivity contribution in [2.45, 2.75) is 61.9 Å². The zero-order chi connectivity index (χ0) is 33.4. The highest BCUT2D eigenvalue weighted by Crippen LogP contribution is 2.35. The van der Waals surface area contributed by atoms with Crippen LogP contribution in [0.1, 0.15) is 68.6 Å². The fourth-order valence-electron chi connectivity index (χ4n) is 3.82. The van der Waals surface area contributed by atoms with Gasteiger partial charge in [0.15, 0.2) is 0 Å². The molecule has 0 unspecified atom stereocenters. The average Bonchev–Trinajstić information content (AvgIpc) is 3.05. The highest BCUT2D eigenvalue weighted by atomic mass is 19.1. The van der Waals surface area contributed by atoms with E-state index in [1.54, 1.807) is 51.3 Å². The van der Waals surface area contributed by atoms with E-state index in [1.165, 1.54) is 35.9 Å². The summed E-state index contributed by atoms with van der Waals surface area (Å²) in [5, 5.41) is 15.9. The smallest absolute Gasteiger partial charge is 0.259 e. The molecule has 4 rings (SSSR count). The standard InChI is InChI=1S/C29H28FN3O5.3C2H6/c1-17-8-13-22(21(30)14-17)32-28-27(29(36)31-16-19-9-11-20(37-4)12-10-19)25(15-26(35)33(28)3)38-24-7-5-6-23(34)18(24)2;3*1-2/h5-15,32,34H,16H2,1-4H3,(H,31,36);3*1-2H3. The number of amides is 1. The van der Waals surface area contributed by atoms with E-state index in [1.807, 2.05) is 53.7 Å². The number of phenols is 1. The molecule has 9 heteroatoms. The Bertz CT molecular complexity index is 1550. The number of pyridine rings is 1. The number of aryl methyl sites for hydroxylation is 1. The fourth-order valence-corrected chi connectivity index (χ4v) is 3.82. The van der Waals surface area contributed by atoms with Crippen LogP contribution in [0.3, 0.4) is 0 Å². The molecule has 0 spiro atoms. The molecule has 4 aromatic rings. The quantitative estimate of drug-likeness (QED) is 0.186. The molecule has 8 nitrogen and oxygen atoms in total. The Morgan fingerprint density at radius 1 is 0.909 bits per heavy atom. The third kappa shape index (κ3) is 9.62. The lowest BCUT2D eigenvalue weighted by molar-refractivity contribution is 0.0948. The number of nitrogens with one attached hydrogen (secondary N) is 2. The minimum atomic E-state index is -0.556. The Kier molecular flexibility index (Phi) is 15.8. The molecule has 0 atom stereocenters. The Morgan fingerprint density at radius 2 is 1.55 bits per heavy atom. The Hall–Kier alpha value is -4.79. The largest absolute Gasteiger partial charge is 0.508 e. The number of ether oxygens (including phenoxy) is 2. The van der Waals surface area contributed by atoms with E-state index in [4.69, 9.17) is 9.47 Å². The van der Waals surface area contributed by atoms with Gasteiger partial charge >= 0.3 is 0 Å². The summed E-state index contributed by atoms with van der Waals surface area (Å²) >= 11 is 0. The Labute approximate surface area is 260 Å². The van der Waals surface area contributed by atoms with Gasteiger partial charge in [0.25, 0.3) is 11.5 Å². The van der Waals surface area contributed by atoms with Crippen molar-refractivity contribution < 1.29 is 23.8 Å². The predicted molar refractivity (Wildman–Crippen MR) is 177 cm³/mol. The molecule has 0 bridgehead atoms. The van der Waals surface area contributed by atoms with Gasteiger partial charge in [-0.15, -0.1) is 0 Å². The monoisotopic (exact) mass is 607 g/mol. The number of hydrogen-bond donors (Lipinski definition) is 3. The minimum absolute atomic E-state index is 0.00286. The van der Waals surface area contributed by atoms with Crippen LogP contribution >= 0.6 is 0 Å². The molecule has 0 aliphatic carbocycles. The number of nitrogens with zero attached hydrogens (tertiary/aromatic N) is 1. The number of anilines is 2. The van der Waals surface area contributed by atoms with Crippen LogP contribution in [-0.4, -0.2) is 22.7 Å². The second kappa shape index (κ2) is 18.7. The van der Waals surface area contributed by atoms with Gasteiger partial charge in [-0.05, 0) is 61.4 Å². The van der Waals surface area contributed by atoms with Crippen LogP contribution in [0.25, 0.3) is 0 Å². The summed E-state index contributed by atoms with van der Waals surface area (Å²) < 4.78 is 27.1. The summed E-state index contributed by atoms with van der Waals surface area (Å²) in [7, 11) is 3.04. The number of rotatable bonds is 8. The number of hydrogen-bond acceptors (Lipinski definition) is 6. The van der Waals surface area contributed by atoms with E-state index in [2.05, 4.69) is 10.6 Å². The number of halogens is 1. The molecule has 1 heterocycles. The lowest BCUT2D eigenvalue weighted by Gasteiger charge is -2.20. The number of carbonyl (C=O) groups excluding carboxylic acids is 1. The number of aromatic hydroxyl groups is 1. The molecule has 1 aromatic heterocycles. The van der Waals surface area contributed by atoms with Gasteiger partial charge in [0.2, 0.25) is 0 Å². The summed E-state index contributed by atoms with van der Waals surface area (Å²) in [4.78, 5) is 26.5. The first-order valence-corrected chi connectivity index (χ1v) is 14.8. The minimum Gasteiger partial charge on any atom is -0.508 e. The lowest BCUT2D eigenvalue weighted by Crippen LogP contribution is -2.29. The van der Waals surface area contributed by atoms with Crippen LogP contribution in [0.5, 0.6) is 23.0 Å². The molecule has 0 aliphatic rings. The maximum atomic E-state index is 14.8. The number of carbonyl (C=O) groups is 1. The van der Waals surface area contributed by atoms with E-state index in [0.717, 1.165) is 11.1 Å². The van der Waals surface area contributed by atoms with Gasteiger partial charge < -0.3 is 25.2 Å². The molecule has 3 N–H and O–H groups in total. The van der Waals surface area contributed by atoms with Crippen molar-refractivity contribution >= 4 is 17.4 Å². The van der Waals surface area contributed by atoms with E-state index in [-0.39, 0.29) is 40.9 Å². The van der Waals surface area contributed by atoms with Crippen molar-refractivity contribution in [2.75, 3.05) is 12.4 Å². The van der Waals surface area contributed by atoms with Gasteiger partial charge in [-0.3, -0.25) is 14.2 Å². The molecule has 0 aliphatic heterocycles.